The predicted molar refractivity (Wildman–Crippen MR) is 59.0 cm³/mol. The van der Waals surface area contributed by atoms with Gasteiger partial charge >= 0.3 is 0 Å². The maximum absolute atomic E-state index is 4.04. The van der Waals surface area contributed by atoms with Crippen LogP contribution < -0.4 is 0 Å². The number of aryl methyl sites for hydroxylation is 1. The van der Waals surface area contributed by atoms with Crippen molar-refractivity contribution >= 4 is 0 Å². The van der Waals surface area contributed by atoms with Crippen molar-refractivity contribution in [2.24, 2.45) is 0 Å². The molecule has 0 spiro atoms. The van der Waals surface area contributed by atoms with Gasteiger partial charge < -0.3 is 0 Å². The van der Waals surface area contributed by atoms with Gasteiger partial charge in [0, 0.05) is 5.41 Å². The van der Waals surface area contributed by atoms with Gasteiger partial charge in [-0.05, 0) is 25.0 Å². The highest BCUT2D eigenvalue weighted by Crippen LogP contribution is 2.31. The number of hydrogen-bond donors (Lipinski definition) is 0. The minimum Gasteiger partial charge on any atom is -0.0993 e. The number of hydrogen-bond acceptors (Lipinski definition) is 0. The lowest BCUT2D eigenvalue weighted by atomic mass is 9.77. The van der Waals surface area contributed by atoms with E-state index in [1.165, 1.54) is 16.7 Å². The van der Waals surface area contributed by atoms with E-state index in [2.05, 4.69) is 58.5 Å². The molecule has 0 nitrogen and oxygen atoms in total. The third-order valence-electron chi connectivity index (χ3n) is 2.89. The molecule has 0 saturated carbocycles. The largest absolute Gasteiger partial charge is 0.0993 e. The Balaban J connectivity index is 3.22. The van der Waals surface area contributed by atoms with E-state index in [1.807, 2.05) is 0 Å². The van der Waals surface area contributed by atoms with Crippen LogP contribution in [0.4, 0.5) is 0 Å². The maximum Gasteiger partial charge on any atom is 0.0102 e. The Morgan fingerprint density at radius 2 is 1.77 bits per heavy atom. The van der Waals surface area contributed by atoms with Crippen molar-refractivity contribution in [1.29, 1.82) is 0 Å². The molecule has 0 unspecified atom stereocenters. The topological polar surface area (TPSA) is 0 Å². The fourth-order valence-electron chi connectivity index (χ4n) is 1.50. The molecular formula is C13H18. The third-order valence-corrected chi connectivity index (χ3v) is 2.89. The Labute approximate surface area is 81.3 Å². The quantitative estimate of drug-likeness (QED) is 0.597. The average molecular weight is 174 g/mol. The molecule has 0 aliphatic carbocycles. The molecule has 0 aliphatic rings. The molecule has 0 aliphatic heterocycles. The summed E-state index contributed by atoms with van der Waals surface area (Å²) in [7, 11) is 0. The fraction of sp³-hybridized carbons (Fsp3) is 0.385. The van der Waals surface area contributed by atoms with Crippen molar-refractivity contribution in [2.45, 2.75) is 33.1 Å². The van der Waals surface area contributed by atoms with Crippen LogP contribution in [0.5, 0.6) is 0 Å². The number of benzene rings is 1. The van der Waals surface area contributed by atoms with Crippen molar-refractivity contribution < 1.29 is 0 Å². The first-order chi connectivity index (χ1) is 5.96. The summed E-state index contributed by atoms with van der Waals surface area (Å²) in [5, 5.41) is 0. The molecule has 0 fully saturated rings. The molecule has 1 aromatic rings. The van der Waals surface area contributed by atoms with Crippen molar-refractivity contribution in [3.63, 3.8) is 0 Å². The lowest BCUT2D eigenvalue weighted by molar-refractivity contribution is 0.621. The summed E-state index contributed by atoms with van der Waals surface area (Å²) in [4.78, 5) is 0. The van der Waals surface area contributed by atoms with Crippen LogP contribution in [0.1, 0.15) is 31.9 Å². The van der Waals surface area contributed by atoms with Gasteiger partial charge in [0.15, 0.2) is 0 Å². The van der Waals surface area contributed by atoms with Gasteiger partial charge in [0.1, 0.15) is 0 Å². The second-order valence-corrected chi connectivity index (χ2v) is 4.22. The molecule has 0 atom stereocenters. The summed E-state index contributed by atoms with van der Waals surface area (Å²) in [5.41, 5.74) is 4.02. The van der Waals surface area contributed by atoms with Crippen LogP contribution >= 0.6 is 0 Å². The lowest BCUT2D eigenvalue weighted by Gasteiger charge is -2.27. The van der Waals surface area contributed by atoms with Crippen LogP contribution in [-0.4, -0.2) is 0 Å². The van der Waals surface area contributed by atoms with E-state index < -0.39 is 0 Å². The highest BCUT2D eigenvalue weighted by molar-refractivity contribution is 5.38. The zero-order chi connectivity index (χ0) is 10.1. The molecule has 0 saturated heterocycles. The first kappa shape index (κ1) is 10.0. The van der Waals surface area contributed by atoms with Gasteiger partial charge in [0.2, 0.25) is 0 Å². The van der Waals surface area contributed by atoms with Crippen LogP contribution in [0.15, 0.2) is 36.4 Å². The zero-order valence-electron chi connectivity index (χ0n) is 9.02. The van der Waals surface area contributed by atoms with Gasteiger partial charge in [0.25, 0.3) is 0 Å². The smallest absolute Gasteiger partial charge is 0.0102 e. The monoisotopic (exact) mass is 174 g/mol. The van der Waals surface area contributed by atoms with E-state index in [0.717, 1.165) is 0 Å². The van der Waals surface area contributed by atoms with Gasteiger partial charge in [-0.3, -0.25) is 0 Å². The van der Waals surface area contributed by atoms with Crippen molar-refractivity contribution in [3.8, 4) is 0 Å². The standard InChI is InChI=1S/C13H18/c1-10(2)13(4,5)12-9-7-6-8-11(12)3/h6-9H,1H2,2-5H3. The van der Waals surface area contributed by atoms with Gasteiger partial charge in [-0.15, -0.1) is 0 Å². The lowest BCUT2D eigenvalue weighted by Crippen LogP contribution is -2.19. The molecule has 70 valence electrons. The number of allylic oxidation sites excluding steroid dienone is 1. The van der Waals surface area contributed by atoms with Crippen LogP contribution in [-0.2, 0) is 5.41 Å². The first-order valence-electron chi connectivity index (χ1n) is 4.68. The minimum absolute atomic E-state index is 0.0886. The van der Waals surface area contributed by atoms with E-state index in [0.29, 0.717) is 0 Å². The first-order valence-corrected chi connectivity index (χ1v) is 4.68. The summed E-state index contributed by atoms with van der Waals surface area (Å²) >= 11 is 0. The number of rotatable bonds is 2. The van der Waals surface area contributed by atoms with Gasteiger partial charge in [-0.25, -0.2) is 0 Å². The summed E-state index contributed by atoms with van der Waals surface area (Å²) in [6.45, 7) is 12.7. The van der Waals surface area contributed by atoms with E-state index in [-0.39, 0.29) is 5.41 Å². The van der Waals surface area contributed by atoms with E-state index in [9.17, 15) is 0 Å². The highest BCUT2D eigenvalue weighted by atomic mass is 14.3. The molecule has 0 bridgehead atoms. The maximum atomic E-state index is 4.04. The molecule has 0 radical (unpaired) electrons. The summed E-state index contributed by atoms with van der Waals surface area (Å²) in [6.07, 6.45) is 0. The fourth-order valence-corrected chi connectivity index (χ4v) is 1.50. The van der Waals surface area contributed by atoms with Crippen LogP contribution in [0.2, 0.25) is 0 Å². The second kappa shape index (κ2) is 3.37. The molecular weight excluding hydrogens is 156 g/mol. The Bertz CT molecular complexity index is 319. The average Bonchev–Trinajstić information content (AvgIpc) is 2.04. The SMILES string of the molecule is C=C(C)C(C)(C)c1ccccc1C. The summed E-state index contributed by atoms with van der Waals surface area (Å²) in [5.74, 6) is 0. The van der Waals surface area contributed by atoms with Crippen LogP contribution in [0, 0.1) is 6.92 Å². The van der Waals surface area contributed by atoms with E-state index in [4.69, 9.17) is 0 Å². The molecule has 0 heteroatoms. The Morgan fingerprint density at radius 1 is 1.23 bits per heavy atom. The molecule has 0 heterocycles. The Hall–Kier alpha value is -1.04. The van der Waals surface area contributed by atoms with Gasteiger partial charge in [-0.1, -0.05) is 50.3 Å². The summed E-state index contributed by atoms with van der Waals surface area (Å²) < 4.78 is 0. The van der Waals surface area contributed by atoms with Crippen LogP contribution in [0.3, 0.4) is 0 Å². The second-order valence-electron chi connectivity index (χ2n) is 4.22. The van der Waals surface area contributed by atoms with Gasteiger partial charge in [-0.2, -0.15) is 0 Å². The summed E-state index contributed by atoms with van der Waals surface area (Å²) in [6, 6.07) is 8.50. The highest BCUT2D eigenvalue weighted by Gasteiger charge is 2.22. The third kappa shape index (κ3) is 1.82. The molecule has 13 heavy (non-hydrogen) atoms. The predicted octanol–water partition coefficient (Wildman–Crippen LogP) is 3.85. The molecule has 1 aromatic carbocycles. The van der Waals surface area contributed by atoms with Crippen molar-refractivity contribution in [3.05, 3.63) is 47.5 Å². The molecule has 1 rings (SSSR count). The molecule has 0 N–H and O–H groups in total. The molecule has 0 aromatic heterocycles. The van der Waals surface area contributed by atoms with Crippen molar-refractivity contribution in [1.82, 2.24) is 0 Å². The Kier molecular flexibility index (Phi) is 2.60. The molecule has 0 amide bonds. The van der Waals surface area contributed by atoms with E-state index >= 15 is 0 Å². The normalized spacial score (nSPS) is 11.4. The van der Waals surface area contributed by atoms with Crippen molar-refractivity contribution in [2.75, 3.05) is 0 Å². The minimum atomic E-state index is 0.0886. The zero-order valence-corrected chi connectivity index (χ0v) is 9.02. The van der Waals surface area contributed by atoms with E-state index in [1.54, 1.807) is 0 Å². The Morgan fingerprint density at radius 3 is 2.23 bits per heavy atom. The van der Waals surface area contributed by atoms with Crippen LogP contribution in [0.25, 0.3) is 0 Å². The van der Waals surface area contributed by atoms with Gasteiger partial charge in [0.05, 0.1) is 0 Å².